The highest BCUT2D eigenvalue weighted by Crippen LogP contribution is 2.47. The number of aliphatic hydroxyl groups is 1. The minimum Gasteiger partial charge on any atom is -0.489 e. The molecular weight excluding hydrogens is 622 g/mol. The Bertz CT molecular complexity index is 1960. The van der Waals surface area contributed by atoms with Crippen LogP contribution in [0.15, 0.2) is 60.8 Å². The lowest BCUT2D eigenvalue weighted by molar-refractivity contribution is -0.265. The molecule has 0 fully saturated rings. The summed E-state index contributed by atoms with van der Waals surface area (Å²) in [7, 11) is -3.83. The first kappa shape index (κ1) is 31.6. The van der Waals surface area contributed by atoms with Crippen LogP contribution in [0.25, 0.3) is 22.2 Å². The molecule has 45 heavy (non-hydrogen) atoms. The maximum absolute atomic E-state index is 14.7. The highest BCUT2D eigenvalue weighted by molar-refractivity contribution is 7.92. The molecule has 1 aliphatic heterocycles. The Morgan fingerprint density at radius 1 is 1.13 bits per heavy atom. The van der Waals surface area contributed by atoms with E-state index in [1.165, 1.54) is 43.5 Å². The van der Waals surface area contributed by atoms with E-state index in [1.807, 2.05) is 0 Å². The van der Waals surface area contributed by atoms with Crippen molar-refractivity contribution in [2.45, 2.75) is 24.1 Å². The molecule has 0 unspecified atom stereocenters. The number of benzene rings is 2. The number of rotatable bonds is 8. The summed E-state index contributed by atoms with van der Waals surface area (Å²) in [6, 6.07) is 10.8. The molecule has 4 aromatic rings. The normalized spacial score (nSPS) is 17.7. The lowest BCUT2D eigenvalue weighted by Crippen LogP contribution is -2.51. The van der Waals surface area contributed by atoms with Gasteiger partial charge in [-0.1, -0.05) is 6.07 Å². The van der Waals surface area contributed by atoms with Crippen molar-refractivity contribution in [1.82, 2.24) is 15.3 Å². The number of nitrogens with two attached hydrogens (primary N) is 1. The van der Waals surface area contributed by atoms with Crippen LogP contribution in [0.1, 0.15) is 28.5 Å². The fourth-order valence-corrected chi connectivity index (χ4v) is 5.40. The molecule has 11 nitrogen and oxygen atoms in total. The van der Waals surface area contributed by atoms with Gasteiger partial charge in [0.15, 0.2) is 0 Å². The molecule has 2 aromatic heterocycles. The number of hydrogen-bond donors (Lipinski definition) is 4. The SMILES string of the molecule is C[C@]1(C(N)=O)COc2c1cc([C@@](O)(CNC(=O)c1cc(NS(C)(=O)=O)c3ncccc3c1)C(F)(F)F)nc2-c1ccc(F)cc1. The Hall–Kier alpha value is -4.83. The molecule has 0 spiro atoms. The van der Waals surface area contributed by atoms with Gasteiger partial charge in [-0.05, 0) is 55.5 Å². The summed E-state index contributed by atoms with van der Waals surface area (Å²) in [6.07, 6.45) is -3.17. The van der Waals surface area contributed by atoms with E-state index in [2.05, 4.69) is 20.0 Å². The number of sulfonamides is 1. The number of fused-ring (bicyclic) bond motifs is 2. The van der Waals surface area contributed by atoms with Gasteiger partial charge >= 0.3 is 6.18 Å². The minimum absolute atomic E-state index is 0.0732. The van der Waals surface area contributed by atoms with Crippen molar-refractivity contribution >= 4 is 38.4 Å². The van der Waals surface area contributed by atoms with Crippen molar-refractivity contribution in [2.75, 3.05) is 24.1 Å². The van der Waals surface area contributed by atoms with Crippen LogP contribution in [-0.4, -0.2) is 60.9 Å². The monoisotopic (exact) mass is 647 g/mol. The zero-order chi connectivity index (χ0) is 32.9. The zero-order valence-corrected chi connectivity index (χ0v) is 24.4. The van der Waals surface area contributed by atoms with E-state index in [1.54, 1.807) is 0 Å². The number of alkyl halides is 3. The number of pyridine rings is 2. The van der Waals surface area contributed by atoms with Crippen molar-refractivity contribution in [2.24, 2.45) is 5.73 Å². The standard InChI is InChI=1S/C29H25F4N5O6S/c1-27(26(34)40)14-44-24-19(27)12-21(37-23(24)15-5-7-18(30)8-6-15)28(41,29(31,32)33)13-36-25(39)17-10-16-4-3-9-35-22(16)20(11-17)38-45(2,42)43/h3-12,38,41H,13-14H2,1-2H3,(H2,34,40)(H,36,39)/t27-,28-/m0/s1. The third kappa shape index (κ3) is 5.85. The molecule has 0 saturated heterocycles. The molecule has 0 aliphatic carbocycles. The fourth-order valence-electron chi connectivity index (χ4n) is 4.85. The third-order valence-electron chi connectivity index (χ3n) is 7.39. The van der Waals surface area contributed by atoms with Crippen LogP contribution in [0.2, 0.25) is 0 Å². The number of nitrogens with zero attached hydrogens (tertiary/aromatic N) is 2. The van der Waals surface area contributed by atoms with Crippen LogP contribution in [0.5, 0.6) is 5.75 Å². The number of carbonyl (C=O) groups excluding carboxylic acids is 2. The lowest BCUT2D eigenvalue weighted by atomic mass is 9.81. The van der Waals surface area contributed by atoms with Crippen molar-refractivity contribution in [3.05, 3.63) is 83.4 Å². The number of primary amides is 1. The van der Waals surface area contributed by atoms with Crippen LogP contribution < -0.4 is 20.5 Å². The molecule has 0 bridgehead atoms. The average molecular weight is 648 g/mol. The van der Waals surface area contributed by atoms with Crippen molar-refractivity contribution < 1.29 is 45.4 Å². The molecule has 0 saturated carbocycles. The number of anilines is 1. The summed E-state index contributed by atoms with van der Waals surface area (Å²) >= 11 is 0. The van der Waals surface area contributed by atoms with E-state index in [0.29, 0.717) is 5.39 Å². The summed E-state index contributed by atoms with van der Waals surface area (Å²) in [6.45, 7) is -0.429. The van der Waals surface area contributed by atoms with Gasteiger partial charge < -0.3 is 20.9 Å². The largest absolute Gasteiger partial charge is 0.489 e. The molecule has 236 valence electrons. The Kier molecular flexibility index (Phi) is 7.69. The molecule has 16 heteroatoms. The van der Waals surface area contributed by atoms with Gasteiger partial charge in [0.05, 0.1) is 29.7 Å². The number of hydrogen-bond acceptors (Lipinski definition) is 8. The predicted molar refractivity (Wildman–Crippen MR) is 154 cm³/mol. The summed E-state index contributed by atoms with van der Waals surface area (Å²) in [5, 5.41) is 13.6. The number of aromatic nitrogens is 2. The van der Waals surface area contributed by atoms with Gasteiger partial charge in [0, 0.05) is 28.3 Å². The second kappa shape index (κ2) is 11.0. The van der Waals surface area contributed by atoms with Crippen LogP contribution in [0.4, 0.5) is 23.2 Å². The first-order valence-electron chi connectivity index (χ1n) is 13.1. The molecule has 1 aliphatic rings. The molecule has 2 aromatic carbocycles. The smallest absolute Gasteiger partial charge is 0.424 e. The number of ether oxygens (including phenoxy) is 1. The van der Waals surface area contributed by atoms with E-state index in [9.17, 15) is 40.7 Å². The van der Waals surface area contributed by atoms with Gasteiger partial charge in [-0.25, -0.2) is 17.8 Å². The number of amides is 2. The number of carbonyl (C=O) groups is 2. The van der Waals surface area contributed by atoms with E-state index < -0.39 is 57.1 Å². The molecule has 0 radical (unpaired) electrons. The van der Waals surface area contributed by atoms with Crippen molar-refractivity contribution in [3.63, 3.8) is 0 Å². The van der Waals surface area contributed by atoms with Crippen molar-refractivity contribution in [1.29, 1.82) is 0 Å². The zero-order valence-electron chi connectivity index (χ0n) is 23.6. The van der Waals surface area contributed by atoms with Gasteiger partial charge in [-0.15, -0.1) is 0 Å². The Morgan fingerprint density at radius 2 is 1.82 bits per heavy atom. The third-order valence-corrected chi connectivity index (χ3v) is 7.98. The second-order valence-electron chi connectivity index (χ2n) is 10.7. The van der Waals surface area contributed by atoms with Crippen LogP contribution in [0, 0.1) is 5.82 Å². The highest BCUT2D eigenvalue weighted by atomic mass is 32.2. The summed E-state index contributed by atoms with van der Waals surface area (Å²) in [4.78, 5) is 33.7. The Labute approximate surface area is 253 Å². The minimum atomic E-state index is -5.43. The molecule has 5 rings (SSSR count). The average Bonchev–Trinajstić information content (AvgIpc) is 3.32. The van der Waals surface area contributed by atoms with Gasteiger partial charge in [0.1, 0.15) is 29.3 Å². The summed E-state index contributed by atoms with van der Waals surface area (Å²) < 4.78 is 89.4. The molecule has 2 amide bonds. The molecule has 2 atom stereocenters. The number of nitrogens with one attached hydrogen (secondary N) is 2. The van der Waals surface area contributed by atoms with E-state index >= 15 is 0 Å². The summed E-state index contributed by atoms with van der Waals surface area (Å²) in [5.74, 6) is -2.72. The van der Waals surface area contributed by atoms with Gasteiger partial charge in [-0.3, -0.25) is 19.3 Å². The van der Waals surface area contributed by atoms with Gasteiger partial charge in [-0.2, -0.15) is 13.2 Å². The van der Waals surface area contributed by atoms with Crippen LogP contribution in [0.3, 0.4) is 0 Å². The van der Waals surface area contributed by atoms with Crippen LogP contribution in [-0.2, 0) is 25.8 Å². The van der Waals surface area contributed by atoms with Gasteiger partial charge in [0.2, 0.25) is 21.5 Å². The van der Waals surface area contributed by atoms with E-state index in [0.717, 1.165) is 30.5 Å². The quantitative estimate of drug-likeness (QED) is 0.211. The molecule has 3 heterocycles. The first-order valence-corrected chi connectivity index (χ1v) is 15.0. The van der Waals surface area contributed by atoms with Crippen LogP contribution >= 0.6 is 0 Å². The Morgan fingerprint density at radius 3 is 2.44 bits per heavy atom. The number of halogens is 4. The topological polar surface area (TPSA) is 174 Å². The fraction of sp³-hybridized carbons (Fsp3) is 0.241. The first-order chi connectivity index (χ1) is 20.9. The second-order valence-corrected chi connectivity index (χ2v) is 12.5. The van der Waals surface area contributed by atoms with E-state index in [4.69, 9.17) is 10.5 Å². The lowest BCUT2D eigenvalue weighted by Gasteiger charge is -2.31. The van der Waals surface area contributed by atoms with Gasteiger partial charge in [0.25, 0.3) is 5.91 Å². The summed E-state index contributed by atoms with van der Waals surface area (Å²) in [5.41, 5.74) is -1.20. The molecular formula is C29H25F4N5O6S. The molecule has 5 N–H and O–H groups in total. The van der Waals surface area contributed by atoms with Crippen molar-refractivity contribution in [3.8, 4) is 17.0 Å². The highest BCUT2D eigenvalue weighted by Gasteiger charge is 2.57. The Balaban J connectivity index is 1.59. The van der Waals surface area contributed by atoms with E-state index in [-0.39, 0.29) is 45.9 Å². The predicted octanol–water partition coefficient (Wildman–Crippen LogP) is 3.12. The maximum atomic E-state index is 14.7. The maximum Gasteiger partial charge on any atom is 0.424 e.